The number of halogens is 4. The molecule has 0 saturated carbocycles. The highest BCUT2D eigenvalue weighted by molar-refractivity contribution is 5.55. The van der Waals surface area contributed by atoms with E-state index in [4.69, 9.17) is 10.5 Å². The summed E-state index contributed by atoms with van der Waals surface area (Å²) in [4.78, 5) is 0. The molecule has 2 rings (SSSR count). The van der Waals surface area contributed by atoms with Gasteiger partial charge in [-0.25, -0.2) is 17.6 Å². The Morgan fingerprint density at radius 3 is 2.11 bits per heavy atom. The van der Waals surface area contributed by atoms with E-state index in [9.17, 15) is 17.6 Å². The van der Waals surface area contributed by atoms with Crippen molar-refractivity contribution in [3.8, 4) is 11.5 Å². The van der Waals surface area contributed by atoms with Crippen LogP contribution in [0.4, 0.5) is 23.2 Å². The number of nitrogen functional groups attached to an aromatic ring is 1. The molecule has 0 aliphatic heterocycles. The molecule has 0 aliphatic rings. The molecule has 2 N–H and O–H groups in total. The van der Waals surface area contributed by atoms with Crippen LogP contribution in [0.1, 0.15) is 0 Å². The summed E-state index contributed by atoms with van der Waals surface area (Å²) in [6, 6.07) is 3.91. The fraction of sp³-hybridized carbons (Fsp3) is 0. The van der Waals surface area contributed by atoms with Gasteiger partial charge in [0.05, 0.1) is 0 Å². The van der Waals surface area contributed by atoms with Crippen LogP contribution in [0.5, 0.6) is 11.5 Å². The van der Waals surface area contributed by atoms with Crippen molar-refractivity contribution in [1.82, 2.24) is 0 Å². The van der Waals surface area contributed by atoms with Gasteiger partial charge in [0.2, 0.25) is 0 Å². The van der Waals surface area contributed by atoms with Crippen LogP contribution in [0, 0.1) is 23.3 Å². The smallest absolute Gasteiger partial charge is 0.168 e. The van der Waals surface area contributed by atoms with Gasteiger partial charge < -0.3 is 10.5 Å². The second-order valence-electron chi connectivity index (χ2n) is 3.48. The standard InChI is InChI=1S/C12H7F4NO/c13-6-1-2-10(8(15)3-6)18-11-5-7(14)4-9(16)12(11)17/h1-5H,17H2. The molecule has 0 spiro atoms. The van der Waals surface area contributed by atoms with E-state index in [2.05, 4.69) is 0 Å². The molecule has 6 heteroatoms. The third-order valence-corrected chi connectivity index (χ3v) is 2.17. The lowest BCUT2D eigenvalue weighted by Crippen LogP contribution is -1.98. The van der Waals surface area contributed by atoms with E-state index in [-0.39, 0.29) is 11.5 Å². The van der Waals surface area contributed by atoms with Gasteiger partial charge in [-0.1, -0.05) is 0 Å². The molecule has 0 saturated heterocycles. The summed E-state index contributed by atoms with van der Waals surface area (Å²) < 4.78 is 56.9. The minimum atomic E-state index is -1.02. The largest absolute Gasteiger partial charge is 0.452 e. The summed E-state index contributed by atoms with van der Waals surface area (Å²) in [6.07, 6.45) is 0. The van der Waals surface area contributed by atoms with Crippen LogP contribution < -0.4 is 10.5 Å². The minimum Gasteiger partial charge on any atom is -0.452 e. The molecule has 2 nitrogen and oxygen atoms in total. The number of hydrogen-bond acceptors (Lipinski definition) is 2. The summed E-state index contributed by atoms with van der Waals surface area (Å²) in [5.41, 5.74) is 4.86. The van der Waals surface area contributed by atoms with Crippen LogP contribution in [0.2, 0.25) is 0 Å². The number of hydrogen-bond donors (Lipinski definition) is 1. The Bertz CT molecular complexity index is 601. The first-order chi connectivity index (χ1) is 8.47. The highest BCUT2D eigenvalue weighted by Gasteiger charge is 2.13. The topological polar surface area (TPSA) is 35.2 Å². The third kappa shape index (κ3) is 2.37. The SMILES string of the molecule is Nc1c(F)cc(F)cc1Oc1ccc(F)cc1F. The fourth-order valence-corrected chi connectivity index (χ4v) is 1.32. The van der Waals surface area contributed by atoms with Crippen molar-refractivity contribution in [3.05, 3.63) is 53.6 Å². The Hall–Kier alpha value is -2.24. The summed E-state index contributed by atoms with van der Waals surface area (Å²) in [7, 11) is 0. The highest BCUT2D eigenvalue weighted by atomic mass is 19.1. The molecule has 0 atom stereocenters. The average molecular weight is 257 g/mol. The van der Waals surface area contributed by atoms with Gasteiger partial charge in [-0.05, 0) is 12.1 Å². The lowest BCUT2D eigenvalue weighted by atomic mass is 10.2. The molecule has 0 fully saturated rings. The van der Waals surface area contributed by atoms with Gasteiger partial charge in [0.1, 0.15) is 17.3 Å². The predicted octanol–water partition coefficient (Wildman–Crippen LogP) is 3.62. The monoisotopic (exact) mass is 257 g/mol. The Labute approximate surface area is 99.6 Å². The Kier molecular flexibility index (Phi) is 3.10. The van der Waals surface area contributed by atoms with Crippen molar-refractivity contribution in [3.63, 3.8) is 0 Å². The van der Waals surface area contributed by atoms with Crippen molar-refractivity contribution in [2.45, 2.75) is 0 Å². The van der Waals surface area contributed by atoms with Gasteiger partial charge in [0.25, 0.3) is 0 Å². The van der Waals surface area contributed by atoms with Crippen molar-refractivity contribution in [2.75, 3.05) is 5.73 Å². The van der Waals surface area contributed by atoms with Gasteiger partial charge in [0, 0.05) is 18.2 Å². The fourth-order valence-electron chi connectivity index (χ4n) is 1.32. The summed E-state index contributed by atoms with van der Waals surface area (Å²) in [6.45, 7) is 0. The van der Waals surface area contributed by atoms with Crippen LogP contribution in [0.3, 0.4) is 0 Å². The zero-order chi connectivity index (χ0) is 13.3. The van der Waals surface area contributed by atoms with Crippen molar-refractivity contribution < 1.29 is 22.3 Å². The van der Waals surface area contributed by atoms with E-state index in [0.29, 0.717) is 12.1 Å². The second kappa shape index (κ2) is 4.56. The molecule has 0 unspecified atom stereocenters. The van der Waals surface area contributed by atoms with Crippen LogP contribution in [0.15, 0.2) is 30.3 Å². The van der Waals surface area contributed by atoms with Crippen LogP contribution in [-0.2, 0) is 0 Å². The molecule has 0 aromatic heterocycles. The van der Waals surface area contributed by atoms with Gasteiger partial charge >= 0.3 is 0 Å². The molecule has 0 amide bonds. The van der Waals surface area contributed by atoms with E-state index < -0.39 is 29.0 Å². The van der Waals surface area contributed by atoms with E-state index >= 15 is 0 Å². The quantitative estimate of drug-likeness (QED) is 0.658. The number of benzene rings is 2. The van der Waals surface area contributed by atoms with Crippen LogP contribution in [-0.4, -0.2) is 0 Å². The lowest BCUT2D eigenvalue weighted by Gasteiger charge is -2.09. The molecule has 0 radical (unpaired) electrons. The summed E-state index contributed by atoms with van der Waals surface area (Å²) in [5.74, 6) is -4.49. The Morgan fingerprint density at radius 2 is 1.44 bits per heavy atom. The predicted molar refractivity (Wildman–Crippen MR) is 57.2 cm³/mol. The molecule has 2 aromatic carbocycles. The molecule has 18 heavy (non-hydrogen) atoms. The first-order valence-corrected chi connectivity index (χ1v) is 4.85. The van der Waals surface area contributed by atoms with E-state index in [1.165, 1.54) is 0 Å². The number of nitrogens with two attached hydrogens (primary N) is 1. The first-order valence-electron chi connectivity index (χ1n) is 4.85. The summed E-state index contributed by atoms with van der Waals surface area (Å²) in [5, 5.41) is 0. The molecule has 2 aromatic rings. The van der Waals surface area contributed by atoms with Crippen LogP contribution >= 0.6 is 0 Å². The zero-order valence-electron chi connectivity index (χ0n) is 8.88. The molecule has 0 aliphatic carbocycles. The van der Waals surface area contributed by atoms with Gasteiger partial charge in [-0.3, -0.25) is 0 Å². The van der Waals surface area contributed by atoms with E-state index in [1.54, 1.807) is 0 Å². The highest BCUT2D eigenvalue weighted by Crippen LogP contribution is 2.31. The number of rotatable bonds is 2. The van der Waals surface area contributed by atoms with E-state index in [0.717, 1.165) is 18.2 Å². The summed E-state index contributed by atoms with van der Waals surface area (Å²) >= 11 is 0. The van der Waals surface area contributed by atoms with Crippen molar-refractivity contribution >= 4 is 5.69 Å². The molecular formula is C12H7F4NO. The average Bonchev–Trinajstić information content (AvgIpc) is 2.29. The molecular weight excluding hydrogens is 250 g/mol. The Morgan fingerprint density at radius 1 is 0.778 bits per heavy atom. The number of ether oxygens (including phenoxy) is 1. The van der Waals surface area contributed by atoms with E-state index in [1.807, 2.05) is 0 Å². The molecule has 0 heterocycles. The lowest BCUT2D eigenvalue weighted by molar-refractivity contribution is 0.432. The number of anilines is 1. The van der Waals surface area contributed by atoms with Crippen LogP contribution in [0.25, 0.3) is 0 Å². The minimum absolute atomic E-state index is 0.377. The molecule has 0 bridgehead atoms. The maximum absolute atomic E-state index is 13.3. The molecule has 94 valence electrons. The zero-order valence-corrected chi connectivity index (χ0v) is 8.88. The third-order valence-electron chi connectivity index (χ3n) is 2.17. The van der Waals surface area contributed by atoms with Crippen molar-refractivity contribution in [2.24, 2.45) is 0 Å². The van der Waals surface area contributed by atoms with Gasteiger partial charge in [0.15, 0.2) is 23.1 Å². The second-order valence-corrected chi connectivity index (χ2v) is 3.48. The Balaban J connectivity index is 2.40. The maximum atomic E-state index is 13.3. The van der Waals surface area contributed by atoms with Gasteiger partial charge in [-0.15, -0.1) is 0 Å². The normalized spacial score (nSPS) is 10.4. The van der Waals surface area contributed by atoms with Gasteiger partial charge in [-0.2, -0.15) is 0 Å². The maximum Gasteiger partial charge on any atom is 0.168 e. The van der Waals surface area contributed by atoms with Crippen molar-refractivity contribution in [1.29, 1.82) is 0 Å². The first kappa shape index (κ1) is 12.2.